The van der Waals surface area contributed by atoms with Crippen LogP contribution in [0.1, 0.15) is 6.92 Å². The van der Waals surface area contributed by atoms with Crippen molar-refractivity contribution in [2.45, 2.75) is 13.0 Å². The summed E-state index contributed by atoms with van der Waals surface area (Å²) < 4.78 is 37.8. The lowest BCUT2D eigenvalue weighted by molar-refractivity contribution is 0.286. The Balaban J connectivity index is 1.83. The Labute approximate surface area is 144 Å². The molecule has 24 heavy (non-hydrogen) atoms. The first-order chi connectivity index (χ1) is 11.5. The first-order valence-electron chi connectivity index (χ1n) is 7.28. The van der Waals surface area contributed by atoms with E-state index in [1.807, 2.05) is 6.92 Å². The van der Waals surface area contributed by atoms with Gasteiger partial charge in [-0.25, -0.2) is 8.78 Å². The Morgan fingerprint density at radius 3 is 2.25 bits per heavy atom. The van der Waals surface area contributed by atoms with E-state index in [-0.39, 0.29) is 16.8 Å². The summed E-state index contributed by atoms with van der Waals surface area (Å²) in [4.78, 5) is 0. The molecular formula is C17H18F2N2O2S. The maximum Gasteiger partial charge on any atom is 0.171 e. The number of methoxy groups -OCH3 is 1. The first kappa shape index (κ1) is 17.9. The second kappa shape index (κ2) is 8.44. The quantitative estimate of drug-likeness (QED) is 0.776. The summed E-state index contributed by atoms with van der Waals surface area (Å²) in [5, 5.41) is 5.55. The van der Waals surface area contributed by atoms with Crippen LogP contribution in [0.3, 0.4) is 0 Å². The van der Waals surface area contributed by atoms with Gasteiger partial charge in [-0.1, -0.05) is 6.07 Å². The standard InChI is InChI=1S/C17H18F2N2O2S/c1-11(10-23-13-8-6-12(22-2)7-9-13)20-17(24)21-16-14(18)4-3-5-15(16)19/h3-9,11H,10H2,1-2H3,(H2,20,21,24). The minimum Gasteiger partial charge on any atom is -0.497 e. The van der Waals surface area contributed by atoms with E-state index >= 15 is 0 Å². The van der Waals surface area contributed by atoms with Crippen molar-refractivity contribution in [2.75, 3.05) is 19.0 Å². The third-order valence-corrected chi connectivity index (χ3v) is 3.36. The van der Waals surface area contributed by atoms with Gasteiger partial charge >= 0.3 is 0 Å². The molecule has 128 valence electrons. The molecule has 0 saturated carbocycles. The van der Waals surface area contributed by atoms with Crippen LogP contribution in [-0.2, 0) is 0 Å². The lowest BCUT2D eigenvalue weighted by Crippen LogP contribution is -2.39. The molecule has 2 aromatic rings. The van der Waals surface area contributed by atoms with E-state index in [2.05, 4.69) is 10.6 Å². The van der Waals surface area contributed by atoms with Crippen LogP contribution in [0, 0.1) is 11.6 Å². The van der Waals surface area contributed by atoms with Gasteiger partial charge in [0.1, 0.15) is 35.4 Å². The van der Waals surface area contributed by atoms with Gasteiger partial charge in [-0.15, -0.1) is 0 Å². The zero-order valence-corrected chi connectivity index (χ0v) is 14.1. The number of hydrogen-bond acceptors (Lipinski definition) is 3. The monoisotopic (exact) mass is 352 g/mol. The number of para-hydroxylation sites is 1. The van der Waals surface area contributed by atoms with Crippen LogP contribution in [0.15, 0.2) is 42.5 Å². The Morgan fingerprint density at radius 1 is 1.08 bits per heavy atom. The highest BCUT2D eigenvalue weighted by atomic mass is 32.1. The van der Waals surface area contributed by atoms with Gasteiger partial charge in [0.05, 0.1) is 13.2 Å². The van der Waals surface area contributed by atoms with Crippen molar-refractivity contribution in [1.29, 1.82) is 0 Å². The van der Waals surface area contributed by atoms with E-state index in [9.17, 15) is 8.78 Å². The van der Waals surface area contributed by atoms with E-state index in [1.54, 1.807) is 31.4 Å². The average molecular weight is 352 g/mol. The molecular weight excluding hydrogens is 334 g/mol. The molecule has 7 heteroatoms. The number of benzene rings is 2. The second-order valence-corrected chi connectivity index (χ2v) is 5.49. The Hall–Kier alpha value is -2.41. The number of rotatable bonds is 6. The summed E-state index contributed by atoms with van der Waals surface area (Å²) in [6, 6.07) is 10.6. The summed E-state index contributed by atoms with van der Waals surface area (Å²) in [6.45, 7) is 2.17. The molecule has 2 aromatic carbocycles. The summed E-state index contributed by atoms with van der Waals surface area (Å²) >= 11 is 5.07. The molecule has 1 unspecified atom stereocenters. The number of anilines is 1. The largest absolute Gasteiger partial charge is 0.497 e. The van der Waals surface area contributed by atoms with E-state index in [1.165, 1.54) is 6.07 Å². The SMILES string of the molecule is COc1ccc(OCC(C)NC(=S)Nc2c(F)cccc2F)cc1. The van der Waals surface area contributed by atoms with Crippen LogP contribution < -0.4 is 20.1 Å². The van der Waals surface area contributed by atoms with Gasteiger partial charge in [0.15, 0.2) is 5.11 Å². The molecule has 2 N–H and O–H groups in total. The van der Waals surface area contributed by atoms with Crippen molar-refractivity contribution in [1.82, 2.24) is 5.32 Å². The van der Waals surface area contributed by atoms with Crippen LogP contribution in [0.25, 0.3) is 0 Å². The molecule has 0 fully saturated rings. The highest BCUT2D eigenvalue weighted by Gasteiger charge is 2.11. The number of thiocarbonyl (C=S) groups is 1. The van der Waals surface area contributed by atoms with E-state index < -0.39 is 11.6 Å². The zero-order chi connectivity index (χ0) is 17.5. The lowest BCUT2D eigenvalue weighted by atomic mass is 10.3. The molecule has 0 aliphatic carbocycles. The Kier molecular flexibility index (Phi) is 6.31. The average Bonchev–Trinajstić information content (AvgIpc) is 2.57. The smallest absolute Gasteiger partial charge is 0.171 e. The van der Waals surface area contributed by atoms with Crippen LogP contribution in [-0.4, -0.2) is 24.9 Å². The summed E-state index contributed by atoms with van der Waals surface area (Å²) in [5.41, 5.74) is -0.279. The van der Waals surface area contributed by atoms with Gasteiger partial charge in [-0.2, -0.15) is 0 Å². The first-order valence-corrected chi connectivity index (χ1v) is 7.69. The number of halogens is 2. The lowest BCUT2D eigenvalue weighted by Gasteiger charge is -2.18. The molecule has 0 aliphatic rings. The third-order valence-electron chi connectivity index (χ3n) is 3.14. The maximum atomic E-state index is 13.6. The molecule has 0 amide bonds. The molecule has 2 rings (SSSR count). The number of nitrogens with one attached hydrogen (secondary N) is 2. The zero-order valence-electron chi connectivity index (χ0n) is 13.3. The second-order valence-electron chi connectivity index (χ2n) is 5.08. The van der Waals surface area contributed by atoms with Crippen LogP contribution >= 0.6 is 12.2 Å². The van der Waals surface area contributed by atoms with Crippen molar-refractivity contribution in [3.63, 3.8) is 0 Å². The molecule has 0 heterocycles. The van der Waals surface area contributed by atoms with Gasteiger partial charge in [0, 0.05) is 0 Å². The molecule has 0 spiro atoms. The predicted octanol–water partition coefficient (Wildman–Crippen LogP) is 3.73. The summed E-state index contributed by atoms with van der Waals surface area (Å²) in [6.07, 6.45) is 0. The fourth-order valence-electron chi connectivity index (χ4n) is 1.93. The molecule has 0 radical (unpaired) electrons. The molecule has 4 nitrogen and oxygen atoms in total. The summed E-state index contributed by atoms with van der Waals surface area (Å²) in [5.74, 6) is 0.0110. The molecule has 0 aromatic heterocycles. The Bertz CT molecular complexity index is 675. The highest BCUT2D eigenvalue weighted by molar-refractivity contribution is 7.80. The molecule has 0 bridgehead atoms. The minimum absolute atomic E-state index is 0.116. The van der Waals surface area contributed by atoms with Crippen molar-refractivity contribution >= 4 is 23.0 Å². The van der Waals surface area contributed by atoms with Gasteiger partial charge < -0.3 is 20.1 Å². The van der Waals surface area contributed by atoms with Gasteiger partial charge in [0.2, 0.25) is 0 Å². The van der Waals surface area contributed by atoms with Crippen molar-refractivity contribution in [3.05, 3.63) is 54.1 Å². The number of ether oxygens (including phenoxy) is 2. The van der Waals surface area contributed by atoms with Gasteiger partial charge in [-0.05, 0) is 55.5 Å². The normalized spacial score (nSPS) is 11.5. The molecule has 0 aliphatic heterocycles. The minimum atomic E-state index is -0.707. The fourth-order valence-corrected chi connectivity index (χ4v) is 2.23. The van der Waals surface area contributed by atoms with Crippen molar-refractivity contribution in [3.8, 4) is 11.5 Å². The van der Waals surface area contributed by atoms with E-state index in [0.717, 1.165) is 17.9 Å². The van der Waals surface area contributed by atoms with E-state index in [4.69, 9.17) is 21.7 Å². The summed E-state index contributed by atoms with van der Waals surface area (Å²) in [7, 11) is 1.59. The number of hydrogen-bond donors (Lipinski definition) is 2. The fraction of sp³-hybridized carbons (Fsp3) is 0.235. The van der Waals surface area contributed by atoms with Gasteiger partial charge in [0.25, 0.3) is 0 Å². The van der Waals surface area contributed by atoms with E-state index in [0.29, 0.717) is 12.4 Å². The van der Waals surface area contributed by atoms with Crippen molar-refractivity contribution in [2.24, 2.45) is 0 Å². The van der Waals surface area contributed by atoms with Crippen LogP contribution in [0.2, 0.25) is 0 Å². The van der Waals surface area contributed by atoms with Crippen molar-refractivity contribution < 1.29 is 18.3 Å². The Morgan fingerprint density at radius 2 is 1.67 bits per heavy atom. The third kappa shape index (κ3) is 5.06. The van der Waals surface area contributed by atoms with Gasteiger partial charge in [-0.3, -0.25) is 0 Å². The topological polar surface area (TPSA) is 42.5 Å². The maximum absolute atomic E-state index is 13.6. The predicted molar refractivity (Wildman–Crippen MR) is 93.7 cm³/mol. The van der Waals surface area contributed by atoms with Crippen LogP contribution in [0.5, 0.6) is 11.5 Å². The molecule has 1 atom stereocenters. The van der Waals surface area contributed by atoms with Crippen LogP contribution in [0.4, 0.5) is 14.5 Å². The highest BCUT2D eigenvalue weighted by Crippen LogP contribution is 2.18. The molecule has 0 saturated heterocycles.